The van der Waals surface area contributed by atoms with Crippen molar-refractivity contribution in [1.29, 1.82) is 0 Å². The molecule has 0 atom stereocenters. The average molecular weight is 564 g/mol. The Morgan fingerprint density at radius 2 is 1.16 bits per heavy atom. The van der Waals surface area contributed by atoms with Crippen LogP contribution in [-0.2, 0) is 0 Å². The molecule has 0 bridgehead atoms. The Labute approximate surface area is 188 Å². The van der Waals surface area contributed by atoms with Gasteiger partial charge in [-0.15, -0.1) is 0 Å². The van der Waals surface area contributed by atoms with Crippen LogP contribution in [0.4, 0.5) is 0 Å². The van der Waals surface area contributed by atoms with Gasteiger partial charge in [0.1, 0.15) is 3.70 Å². The van der Waals surface area contributed by atoms with Crippen molar-refractivity contribution < 1.29 is 0 Å². The van der Waals surface area contributed by atoms with E-state index in [1.54, 1.807) is 30.5 Å². The summed E-state index contributed by atoms with van der Waals surface area (Å²) in [7, 11) is 0. The summed E-state index contributed by atoms with van der Waals surface area (Å²) in [6.45, 7) is 0. The van der Waals surface area contributed by atoms with Gasteiger partial charge >= 0.3 is 0 Å². The van der Waals surface area contributed by atoms with Gasteiger partial charge in [-0.3, -0.25) is 0 Å². The van der Waals surface area contributed by atoms with Crippen LogP contribution < -0.4 is 0 Å². The van der Waals surface area contributed by atoms with Crippen LogP contribution >= 0.6 is 92.2 Å². The van der Waals surface area contributed by atoms with E-state index in [1.807, 2.05) is 6.07 Å². The largest absolute Gasteiger partial charge is 0.249 e. The first-order valence-corrected chi connectivity index (χ1v) is 10.1. The van der Waals surface area contributed by atoms with Crippen molar-refractivity contribution in [2.75, 3.05) is 0 Å². The lowest BCUT2D eigenvalue weighted by Crippen LogP contribution is -1.93. The van der Waals surface area contributed by atoms with Crippen LogP contribution in [-0.4, -0.2) is 4.98 Å². The van der Waals surface area contributed by atoms with Crippen LogP contribution in [0.1, 0.15) is 0 Å². The topological polar surface area (TPSA) is 12.9 Å². The van der Waals surface area contributed by atoms with Gasteiger partial charge in [0.15, 0.2) is 0 Å². The zero-order valence-electron chi connectivity index (χ0n) is 12.1. The lowest BCUT2D eigenvalue weighted by molar-refractivity contribution is 1.27. The highest BCUT2D eigenvalue weighted by atomic mass is 127. The van der Waals surface area contributed by atoms with Crippen LogP contribution in [0.3, 0.4) is 0 Å². The lowest BCUT2D eigenvalue weighted by atomic mass is 10.0. The van der Waals surface area contributed by atoms with Crippen molar-refractivity contribution in [3.8, 4) is 22.3 Å². The zero-order chi connectivity index (χ0) is 18.3. The fraction of sp³-hybridized carbons (Fsp3) is 0. The highest BCUT2D eigenvalue weighted by Crippen LogP contribution is 2.44. The first-order chi connectivity index (χ1) is 11.8. The second-order valence-corrected chi connectivity index (χ2v) is 8.41. The van der Waals surface area contributed by atoms with Gasteiger partial charge in [-0.05, 0) is 52.9 Å². The van der Waals surface area contributed by atoms with Gasteiger partial charge in [-0.1, -0.05) is 69.6 Å². The maximum Gasteiger partial charge on any atom is 0.109 e. The Morgan fingerprint density at radius 1 is 0.680 bits per heavy atom. The van der Waals surface area contributed by atoms with Crippen molar-refractivity contribution in [2.45, 2.75) is 0 Å². The van der Waals surface area contributed by atoms with E-state index in [-0.39, 0.29) is 0 Å². The molecule has 2 aromatic carbocycles. The molecule has 1 aromatic heterocycles. The fourth-order valence-electron chi connectivity index (χ4n) is 2.33. The molecule has 0 aliphatic heterocycles. The predicted molar refractivity (Wildman–Crippen MR) is 118 cm³/mol. The number of hydrogen-bond donors (Lipinski definition) is 0. The van der Waals surface area contributed by atoms with Gasteiger partial charge in [0.2, 0.25) is 0 Å². The second-order valence-electron chi connectivity index (χ2n) is 5.00. The molecule has 128 valence electrons. The van der Waals surface area contributed by atoms with E-state index < -0.39 is 0 Å². The third kappa shape index (κ3) is 3.86. The predicted octanol–water partition coefficient (Wildman–Crippen LogP) is 8.94. The van der Waals surface area contributed by atoms with Crippen molar-refractivity contribution in [3.63, 3.8) is 0 Å². The molecular formula is C17H6Cl6IN. The highest BCUT2D eigenvalue weighted by Gasteiger charge is 2.18. The Bertz CT molecular complexity index is 989. The lowest BCUT2D eigenvalue weighted by Gasteiger charge is -2.14. The monoisotopic (exact) mass is 561 g/mol. The van der Waals surface area contributed by atoms with E-state index in [9.17, 15) is 0 Å². The molecule has 0 aliphatic carbocycles. The number of hydrogen-bond acceptors (Lipinski definition) is 1. The molecule has 0 fully saturated rings. The van der Waals surface area contributed by atoms with Crippen LogP contribution in [0.2, 0.25) is 30.1 Å². The van der Waals surface area contributed by atoms with Crippen molar-refractivity contribution in [2.24, 2.45) is 0 Å². The van der Waals surface area contributed by atoms with E-state index in [2.05, 4.69) is 27.6 Å². The molecule has 0 N–H and O–H groups in total. The van der Waals surface area contributed by atoms with Crippen LogP contribution in [0.25, 0.3) is 22.3 Å². The maximum atomic E-state index is 6.37. The summed E-state index contributed by atoms with van der Waals surface area (Å²) in [5, 5.41) is 2.45. The van der Waals surface area contributed by atoms with E-state index in [0.717, 1.165) is 5.56 Å². The third-order valence-corrected chi connectivity index (χ3v) is 6.58. The van der Waals surface area contributed by atoms with Crippen molar-refractivity contribution >= 4 is 92.2 Å². The first-order valence-electron chi connectivity index (χ1n) is 6.74. The van der Waals surface area contributed by atoms with E-state index >= 15 is 0 Å². The molecule has 8 heteroatoms. The molecule has 3 rings (SSSR count). The Balaban J connectivity index is 2.29. The van der Waals surface area contributed by atoms with Crippen LogP contribution in [0.15, 0.2) is 36.5 Å². The molecule has 1 heterocycles. The molecule has 0 amide bonds. The second kappa shape index (κ2) is 7.97. The third-order valence-electron chi connectivity index (χ3n) is 3.49. The van der Waals surface area contributed by atoms with Crippen LogP contribution in [0, 0.1) is 3.70 Å². The molecule has 0 aliphatic rings. The van der Waals surface area contributed by atoms with Gasteiger partial charge in [0.25, 0.3) is 0 Å². The minimum Gasteiger partial charge on any atom is -0.249 e. The van der Waals surface area contributed by atoms with Crippen molar-refractivity contribution in [3.05, 3.63) is 70.4 Å². The Kier molecular flexibility index (Phi) is 6.32. The molecule has 1 nitrogen and oxygen atoms in total. The summed E-state index contributed by atoms with van der Waals surface area (Å²) in [5.74, 6) is 0. The molecule has 0 unspecified atom stereocenters. The van der Waals surface area contributed by atoms with E-state index in [1.165, 1.54) is 0 Å². The number of rotatable bonds is 2. The highest BCUT2D eigenvalue weighted by molar-refractivity contribution is 14.1. The average Bonchev–Trinajstić information content (AvgIpc) is 2.57. The molecule has 0 saturated heterocycles. The number of halogens is 7. The van der Waals surface area contributed by atoms with Gasteiger partial charge in [-0.2, -0.15) is 0 Å². The summed E-state index contributed by atoms with van der Waals surface area (Å²) >= 11 is 39.7. The first kappa shape index (κ1) is 19.8. The van der Waals surface area contributed by atoms with E-state index in [4.69, 9.17) is 69.6 Å². The molecule has 0 spiro atoms. The molecule has 0 radical (unpaired) electrons. The number of nitrogens with zero attached hydrogens (tertiary/aromatic N) is 1. The SMILES string of the molecule is Clc1ccc(Cl)c(-c2cnc(I)c(-c3c(Cl)ccc(Cl)c3Cl)c2)c1Cl. The van der Waals surface area contributed by atoms with Gasteiger partial charge in [0, 0.05) is 28.5 Å². The maximum absolute atomic E-state index is 6.37. The normalized spacial score (nSPS) is 11.0. The minimum absolute atomic E-state index is 0.353. The summed E-state index contributed by atoms with van der Waals surface area (Å²) in [6, 6.07) is 8.52. The number of aromatic nitrogens is 1. The summed E-state index contributed by atoms with van der Waals surface area (Å²) < 4.78 is 0.710. The molecule has 0 saturated carbocycles. The summed E-state index contributed by atoms with van der Waals surface area (Å²) in [5.41, 5.74) is 2.61. The zero-order valence-corrected chi connectivity index (χ0v) is 18.8. The Hall–Kier alpha value is 0.0600. The summed E-state index contributed by atoms with van der Waals surface area (Å²) in [4.78, 5) is 4.42. The van der Waals surface area contributed by atoms with Crippen LogP contribution in [0.5, 0.6) is 0 Å². The van der Waals surface area contributed by atoms with E-state index in [0.29, 0.717) is 50.5 Å². The molecular weight excluding hydrogens is 558 g/mol. The molecule has 25 heavy (non-hydrogen) atoms. The number of benzene rings is 2. The molecule has 3 aromatic rings. The van der Waals surface area contributed by atoms with Gasteiger partial charge in [0.05, 0.1) is 30.1 Å². The fourth-order valence-corrected chi connectivity index (χ4v) is 4.37. The quantitative estimate of drug-likeness (QED) is 0.172. The number of pyridine rings is 1. The summed E-state index contributed by atoms with van der Waals surface area (Å²) in [6.07, 6.45) is 1.67. The smallest absolute Gasteiger partial charge is 0.109 e. The minimum atomic E-state index is 0.353. The van der Waals surface area contributed by atoms with Gasteiger partial charge < -0.3 is 0 Å². The van der Waals surface area contributed by atoms with Gasteiger partial charge in [-0.25, -0.2) is 4.98 Å². The standard InChI is InChI=1S/C17H6Cl6IN/c18-9-1-3-11(20)15(22)13(9)7-5-8(17(24)25-6-7)14-10(19)2-4-12(21)16(14)23/h1-6H. The Morgan fingerprint density at radius 3 is 1.76 bits per heavy atom. The van der Waals surface area contributed by atoms with Crippen molar-refractivity contribution in [1.82, 2.24) is 4.98 Å².